The lowest BCUT2D eigenvalue weighted by molar-refractivity contribution is 0.102. The molecule has 0 spiro atoms. The van der Waals surface area contributed by atoms with Gasteiger partial charge in [-0.25, -0.2) is 18.1 Å². The van der Waals surface area contributed by atoms with Crippen LogP contribution in [0.2, 0.25) is 0 Å². The molecule has 3 aromatic carbocycles. The highest BCUT2D eigenvalue weighted by atomic mass is 19.1. The first kappa shape index (κ1) is 33.3. The normalized spacial score (nSPS) is 11.2. The third kappa shape index (κ3) is 7.21. The summed E-state index contributed by atoms with van der Waals surface area (Å²) < 4.78 is 52.4. The number of nitrogens with zero attached hydrogens (tertiary/aromatic N) is 3. The maximum absolute atomic E-state index is 15.3. The van der Waals surface area contributed by atoms with Crippen molar-refractivity contribution in [2.45, 2.75) is 19.9 Å². The van der Waals surface area contributed by atoms with Crippen LogP contribution in [-0.2, 0) is 11.3 Å². The van der Waals surface area contributed by atoms with E-state index >= 15 is 4.39 Å². The molecule has 46 heavy (non-hydrogen) atoms. The van der Waals surface area contributed by atoms with Crippen LogP contribution in [0.1, 0.15) is 29.3 Å². The largest absolute Gasteiger partial charge is 0.493 e. The summed E-state index contributed by atoms with van der Waals surface area (Å²) in [4.78, 5) is 43.9. The number of ether oxygens (including phenoxy) is 4. The van der Waals surface area contributed by atoms with E-state index in [1.54, 1.807) is 25.1 Å². The van der Waals surface area contributed by atoms with E-state index in [9.17, 15) is 18.8 Å². The number of hydrogen-bond donors (Lipinski definition) is 1. The minimum absolute atomic E-state index is 0.0151. The maximum atomic E-state index is 15.3. The van der Waals surface area contributed by atoms with Gasteiger partial charge in [0.1, 0.15) is 17.1 Å². The Hall–Kier alpha value is -5.56. The van der Waals surface area contributed by atoms with Gasteiger partial charge in [-0.05, 0) is 68.6 Å². The van der Waals surface area contributed by atoms with E-state index in [2.05, 4.69) is 17.0 Å². The highest BCUT2D eigenvalue weighted by Crippen LogP contribution is 2.39. The number of aryl methyl sites for hydroxylation is 1. The Labute approximate surface area is 263 Å². The van der Waals surface area contributed by atoms with E-state index in [0.29, 0.717) is 35.8 Å². The van der Waals surface area contributed by atoms with Crippen molar-refractivity contribution in [2.75, 3.05) is 33.3 Å². The van der Waals surface area contributed by atoms with Gasteiger partial charge in [0.25, 0.3) is 11.5 Å². The van der Waals surface area contributed by atoms with E-state index in [4.69, 9.17) is 18.9 Å². The molecule has 0 saturated heterocycles. The number of nitrogens with one attached hydrogen (secondary N) is 1. The van der Waals surface area contributed by atoms with Crippen LogP contribution in [0.5, 0.6) is 17.2 Å². The Morgan fingerprint density at radius 1 is 0.957 bits per heavy atom. The highest BCUT2D eigenvalue weighted by molar-refractivity contribution is 6.03. The van der Waals surface area contributed by atoms with Gasteiger partial charge in [-0.2, -0.15) is 0 Å². The molecule has 0 atom stereocenters. The summed E-state index contributed by atoms with van der Waals surface area (Å²) in [6.07, 6.45) is 3.16. The minimum atomic E-state index is -0.934. The number of aliphatic imine (C=N–C) groups is 1. The van der Waals surface area contributed by atoms with E-state index in [1.807, 2.05) is 0 Å². The van der Waals surface area contributed by atoms with Crippen LogP contribution < -0.4 is 30.8 Å². The van der Waals surface area contributed by atoms with E-state index in [0.717, 1.165) is 29.0 Å². The van der Waals surface area contributed by atoms with Crippen molar-refractivity contribution < 1.29 is 32.5 Å². The van der Waals surface area contributed by atoms with Gasteiger partial charge < -0.3 is 24.3 Å². The molecule has 13 heteroatoms. The average molecular weight is 635 g/mol. The van der Waals surface area contributed by atoms with Gasteiger partial charge in [-0.1, -0.05) is 0 Å². The highest BCUT2D eigenvalue weighted by Gasteiger charge is 2.21. The predicted octanol–water partition coefficient (Wildman–Crippen LogP) is 5.36. The Kier molecular flexibility index (Phi) is 10.8. The number of halogens is 2. The van der Waals surface area contributed by atoms with Gasteiger partial charge in [0.2, 0.25) is 0 Å². The lowest BCUT2D eigenvalue weighted by Gasteiger charge is -2.16. The van der Waals surface area contributed by atoms with Crippen molar-refractivity contribution in [3.05, 3.63) is 110 Å². The molecule has 0 aliphatic carbocycles. The molecule has 0 fully saturated rings. The number of anilines is 1. The van der Waals surface area contributed by atoms with Crippen LogP contribution in [0, 0.1) is 11.6 Å². The summed E-state index contributed by atoms with van der Waals surface area (Å²) >= 11 is 0. The molecule has 1 heterocycles. The topological polar surface area (TPSA) is 122 Å². The fraction of sp³-hybridized carbons (Fsp3) is 0.212. The van der Waals surface area contributed by atoms with Crippen LogP contribution in [0.4, 0.5) is 20.2 Å². The molecule has 1 aromatic heterocycles. The van der Waals surface area contributed by atoms with Crippen molar-refractivity contribution >= 4 is 29.8 Å². The summed E-state index contributed by atoms with van der Waals surface area (Å²) in [5.41, 5.74) is -1.09. The molecule has 0 aliphatic rings. The van der Waals surface area contributed by atoms with Crippen molar-refractivity contribution in [3.8, 4) is 22.9 Å². The first-order valence-corrected chi connectivity index (χ1v) is 13.9. The number of rotatable bonds is 13. The quantitative estimate of drug-likeness (QED) is 0.119. The predicted molar refractivity (Wildman–Crippen MR) is 170 cm³/mol. The summed E-state index contributed by atoms with van der Waals surface area (Å²) in [5.74, 6) is -1.38. The molecule has 1 amide bonds. The molecular formula is C33H32F2N4O7. The molecule has 240 valence electrons. The van der Waals surface area contributed by atoms with Crippen LogP contribution in [0.15, 0.2) is 81.5 Å². The number of carbonyl (C=O) groups is 1. The summed E-state index contributed by atoms with van der Waals surface area (Å²) in [5, 5.41) is 2.50. The Morgan fingerprint density at radius 2 is 1.65 bits per heavy atom. The van der Waals surface area contributed by atoms with Gasteiger partial charge in [-0.3, -0.25) is 19.1 Å². The number of aromatic nitrogens is 2. The van der Waals surface area contributed by atoms with E-state index in [1.165, 1.54) is 50.2 Å². The monoisotopic (exact) mass is 634 g/mol. The van der Waals surface area contributed by atoms with Crippen LogP contribution in [0.25, 0.3) is 11.4 Å². The number of amides is 1. The molecule has 0 radical (unpaired) electrons. The van der Waals surface area contributed by atoms with Crippen LogP contribution in [0.3, 0.4) is 0 Å². The minimum Gasteiger partial charge on any atom is -0.493 e. The van der Waals surface area contributed by atoms with Gasteiger partial charge in [0.05, 0.1) is 25.6 Å². The molecule has 0 saturated carbocycles. The summed E-state index contributed by atoms with van der Waals surface area (Å²) in [7, 11) is 4.45. The van der Waals surface area contributed by atoms with Crippen molar-refractivity contribution in [1.29, 1.82) is 0 Å². The fourth-order valence-electron chi connectivity index (χ4n) is 4.56. The number of hydrogen-bond acceptors (Lipinski definition) is 8. The number of allylic oxidation sites excluding steroid dienone is 1. The van der Waals surface area contributed by atoms with Crippen molar-refractivity contribution in [1.82, 2.24) is 9.13 Å². The lowest BCUT2D eigenvalue weighted by Crippen LogP contribution is -2.42. The molecule has 1 N–H and O–H groups in total. The molecule has 4 aromatic rings. The third-order valence-electron chi connectivity index (χ3n) is 6.84. The van der Waals surface area contributed by atoms with Crippen LogP contribution >= 0.6 is 0 Å². The SMILES string of the molecule is C=Nc1cc(OC)c(OC)cc1/C(=C\C)Oc1ccc(NC(=O)c2cn(CCCOC)c(=O)n(-c3ccc(F)cc3)c2=O)cc1F. The first-order chi connectivity index (χ1) is 22.1. The van der Waals surface area contributed by atoms with Gasteiger partial charge in [0.15, 0.2) is 23.1 Å². The molecule has 4 rings (SSSR count). The van der Waals surface area contributed by atoms with Crippen molar-refractivity contribution in [3.63, 3.8) is 0 Å². The lowest BCUT2D eigenvalue weighted by atomic mass is 10.1. The summed E-state index contributed by atoms with van der Waals surface area (Å²) in [6, 6.07) is 11.6. The third-order valence-corrected chi connectivity index (χ3v) is 6.84. The molecular weight excluding hydrogens is 602 g/mol. The van der Waals surface area contributed by atoms with E-state index < -0.39 is 34.4 Å². The smallest absolute Gasteiger partial charge is 0.335 e. The number of methoxy groups -OCH3 is 3. The van der Waals surface area contributed by atoms with Gasteiger partial charge in [-0.15, -0.1) is 0 Å². The zero-order valence-electron chi connectivity index (χ0n) is 25.6. The fourth-order valence-corrected chi connectivity index (χ4v) is 4.56. The zero-order valence-corrected chi connectivity index (χ0v) is 25.6. The second-order valence-corrected chi connectivity index (χ2v) is 9.72. The molecule has 0 unspecified atom stereocenters. The Balaban J connectivity index is 1.64. The Morgan fingerprint density at radius 3 is 2.26 bits per heavy atom. The standard InChI is InChI=1S/C33H32F2N4O7/c1-6-27(23-17-29(44-4)30(45-5)18-26(23)36-2)46-28-13-10-21(16-25(28)35)37-31(40)24-19-38(14-7-15-43-3)33(42)39(32(24)41)22-11-8-20(34)9-12-22/h6,8-13,16-19H,2,7,14-15H2,1,3-5H3,(H,37,40)/b27-6+. The van der Waals surface area contributed by atoms with Crippen LogP contribution in [-0.4, -0.2) is 49.7 Å². The number of benzene rings is 3. The number of carbonyl (C=O) groups excluding carboxylic acids is 1. The molecule has 11 nitrogen and oxygen atoms in total. The van der Waals surface area contributed by atoms with Gasteiger partial charge in [0, 0.05) is 49.8 Å². The molecule has 0 bridgehead atoms. The second kappa shape index (κ2) is 14.9. The second-order valence-electron chi connectivity index (χ2n) is 9.72. The molecule has 0 aliphatic heterocycles. The maximum Gasteiger partial charge on any atom is 0.335 e. The zero-order chi connectivity index (χ0) is 33.4. The van der Waals surface area contributed by atoms with Crippen molar-refractivity contribution in [2.24, 2.45) is 4.99 Å². The van der Waals surface area contributed by atoms with E-state index in [-0.39, 0.29) is 29.4 Å². The first-order valence-electron chi connectivity index (χ1n) is 13.9. The summed E-state index contributed by atoms with van der Waals surface area (Å²) in [6.45, 7) is 5.73. The van der Waals surface area contributed by atoms with Gasteiger partial charge >= 0.3 is 5.69 Å². The Bertz CT molecular complexity index is 1900. The average Bonchev–Trinajstić information content (AvgIpc) is 3.05.